The third kappa shape index (κ3) is 6.60. The number of fused-ring (bicyclic) bond motifs is 6. The molecule has 6 saturated heterocycles. The molecule has 0 saturated carbocycles. The highest BCUT2D eigenvalue weighted by Crippen LogP contribution is 2.59. The lowest BCUT2D eigenvalue weighted by Gasteiger charge is -2.50. The van der Waals surface area contributed by atoms with E-state index in [-0.39, 0.29) is 24.0 Å². The summed E-state index contributed by atoms with van der Waals surface area (Å²) in [6.07, 6.45) is 11.2. The topological polar surface area (TPSA) is 162 Å². The first-order valence-electron chi connectivity index (χ1n) is 20.8. The minimum absolute atomic E-state index is 0.0840. The Balaban J connectivity index is 1.21. The molecular weight excluding hydrogens is 676 g/mol. The number of carboxylic acids is 1. The number of hydrogen-bond donors (Lipinski definition) is 4. The van der Waals surface area contributed by atoms with Gasteiger partial charge in [0.1, 0.15) is 17.7 Å². The van der Waals surface area contributed by atoms with Crippen LogP contribution in [0.2, 0.25) is 0 Å². The lowest BCUT2D eigenvalue weighted by molar-refractivity contribution is -0.403. The van der Waals surface area contributed by atoms with Gasteiger partial charge in [0.25, 0.3) is 0 Å². The number of aliphatic hydroxyl groups is 2. The molecule has 0 aromatic heterocycles. The summed E-state index contributed by atoms with van der Waals surface area (Å²) in [6.45, 7) is 13.8. The van der Waals surface area contributed by atoms with Crippen molar-refractivity contribution in [3.8, 4) is 0 Å². The first kappa shape index (κ1) is 38.2. The largest absolute Gasteiger partial charge is 0.480 e. The van der Waals surface area contributed by atoms with Crippen LogP contribution < -0.4 is 5.73 Å². The summed E-state index contributed by atoms with van der Waals surface area (Å²) in [7, 11) is 0. The molecule has 11 heteroatoms. The number of aliphatic hydroxyl groups excluding tert-OH is 1. The Morgan fingerprint density at radius 1 is 0.887 bits per heavy atom. The second-order valence-electron chi connectivity index (χ2n) is 18.9. The average Bonchev–Trinajstić information content (AvgIpc) is 3.58. The maximum Gasteiger partial charge on any atom is 0.324 e. The van der Waals surface area contributed by atoms with Crippen molar-refractivity contribution in [3.05, 3.63) is 23.8 Å². The lowest BCUT2D eigenvalue weighted by atomic mass is 9.57. The van der Waals surface area contributed by atoms with Crippen molar-refractivity contribution in [2.45, 2.75) is 190 Å². The van der Waals surface area contributed by atoms with Crippen LogP contribution in [0.1, 0.15) is 130 Å². The van der Waals surface area contributed by atoms with Crippen molar-refractivity contribution in [1.82, 2.24) is 0 Å². The van der Waals surface area contributed by atoms with E-state index in [4.69, 9.17) is 34.4 Å². The number of hydrogen-bond acceptors (Lipinski definition) is 10. The number of nitrogens with two attached hydrogens (primary N) is 1. The second kappa shape index (κ2) is 13.7. The molecule has 1 aliphatic carbocycles. The highest BCUT2D eigenvalue weighted by Gasteiger charge is 2.66. The number of ether oxygens (including phenoxy) is 5. The molecule has 296 valence electrons. The molecule has 1 unspecified atom stereocenters. The summed E-state index contributed by atoms with van der Waals surface area (Å²) in [4.78, 5) is 17.7. The minimum Gasteiger partial charge on any atom is -0.480 e. The standard InChI is InChI=1S/C42H64N2O9/c1-24-8-6-10-32-39(20-25(2)27(4)23-44-32)15-11-28(33(43)37(46)47)19-31(39)35-36-34(45)26(3)21-41(51-35,52-36)22-30-9-7-13-40(49-30)16-17-42(53-40)38(5,48)14-12-29(18-24)50-42/h19,25-27,29-31,33-36,45,48H,1,6-18,20-23,43H2,2-5H3,(H,46,47)/t25-,26+,27-,29-,30+,31+,33?,34+,35-,36+,38+,39+,40+,41+,42+/m0/s1. The van der Waals surface area contributed by atoms with Gasteiger partial charge in [-0.2, -0.15) is 0 Å². The van der Waals surface area contributed by atoms with Gasteiger partial charge in [-0.15, -0.1) is 0 Å². The highest BCUT2D eigenvalue weighted by atomic mass is 16.8. The molecule has 7 aliphatic heterocycles. The molecule has 6 fully saturated rings. The molecule has 7 bridgehead atoms. The molecule has 8 rings (SSSR count). The quantitative estimate of drug-likeness (QED) is 0.249. The van der Waals surface area contributed by atoms with Gasteiger partial charge in [-0.25, -0.2) is 0 Å². The van der Waals surface area contributed by atoms with E-state index in [1.807, 2.05) is 6.92 Å². The molecule has 0 radical (unpaired) electrons. The van der Waals surface area contributed by atoms with E-state index in [0.29, 0.717) is 62.4 Å². The van der Waals surface area contributed by atoms with Gasteiger partial charge < -0.3 is 44.7 Å². The molecule has 11 nitrogen and oxygen atoms in total. The second-order valence-corrected chi connectivity index (χ2v) is 18.9. The predicted octanol–water partition coefficient (Wildman–Crippen LogP) is 5.94. The van der Waals surface area contributed by atoms with E-state index >= 15 is 0 Å². The van der Waals surface area contributed by atoms with Crippen LogP contribution in [0.3, 0.4) is 0 Å². The summed E-state index contributed by atoms with van der Waals surface area (Å²) in [5.41, 5.74) is 7.79. The number of aliphatic imine (C=N–C) groups is 1. The SMILES string of the molecule is C=C1CCCC2=NC[C@H](C)[C@@H](C)C[C@@]23CCC(C(N)C(=O)O)=C[C@@H]3[C@@H]2O[C@]3(C[C@H]4CCC[C@@]5(CC[C@@]6(O[C@@H](CC[C@@]6(C)O)C1)O5)O4)C[C@@H](C)[C@@H](O)[C@H]2O3. The Labute approximate surface area is 315 Å². The van der Waals surface area contributed by atoms with Gasteiger partial charge in [0.15, 0.2) is 11.6 Å². The first-order valence-corrected chi connectivity index (χ1v) is 20.8. The lowest BCUT2D eigenvalue weighted by Crippen LogP contribution is -2.60. The number of nitrogens with zero attached hydrogens (tertiary/aromatic N) is 1. The minimum atomic E-state index is -1.15. The van der Waals surface area contributed by atoms with Crippen LogP contribution in [-0.4, -0.2) is 93.1 Å². The van der Waals surface area contributed by atoms with Gasteiger partial charge in [-0.05, 0) is 101 Å². The van der Waals surface area contributed by atoms with Crippen LogP contribution in [0, 0.1) is 29.1 Å². The zero-order valence-electron chi connectivity index (χ0n) is 32.4. The highest BCUT2D eigenvalue weighted by molar-refractivity contribution is 5.91. The maximum atomic E-state index is 12.3. The van der Waals surface area contributed by atoms with E-state index < -0.39 is 58.7 Å². The zero-order chi connectivity index (χ0) is 37.6. The summed E-state index contributed by atoms with van der Waals surface area (Å²) in [5, 5.41) is 33.7. The molecular formula is C42H64N2O9. The van der Waals surface area contributed by atoms with Gasteiger partial charge in [-0.1, -0.05) is 39.0 Å². The van der Waals surface area contributed by atoms with Crippen LogP contribution >= 0.6 is 0 Å². The van der Waals surface area contributed by atoms with E-state index in [0.717, 1.165) is 75.6 Å². The summed E-state index contributed by atoms with van der Waals surface area (Å²) < 4.78 is 34.9. The fourth-order valence-electron chi connectivity index (χ4n) is 11.8. The van der Waals surface area contributed by atoms with E-state index in [2.05, 4.69) is 33.4 Å². The van der Waals surface area contributed by atoms with E-state index in [9.17, 15) is 20.1 Å². The molecule has 0 aromatic rings. The number of carboxylic acid groups (broad SMARTS) is 1. The molecule has 0 amide bonds. The van der Waals surface area contributed by atoms with Gasteiger partial charge in [0.05, 0.1) is 24.4 Å². The Morgan fingerprint density at radius 2 is 1.68 bits per heavy atom. The summed E-state index contributed by atoms with van der Waals surface area (Å²) in [6, 6.07) is -1.11. The van der Waals surface area contributed by atoms with Gasteiger partial charge in [0.2, 0.25) is 5.79 Å². The number of carbonyl (C=O) groups is 1. The molecule has 0 aromatic carbocycles. The van der Waals surface area contributed by atoms with Crippen molar-refractivity contribution in [2.24, 2.45) is 39.8 Å². The molecule has 5 N–H and O–H groups in total. The maximum absolute atomic E-state index is 12.3. The van der Waals surface area contributed by atoms with E-state index in [1.54, 1.807) is 0 Å². The normalized spacial score (nSPS) is 50.9. The Bertz CT molecular complexity index is 1510. The zero-order valence-corrected chi connectivity index (χ0v) is 32.4. The fourth-order valence-corrected chi connectivity index (χ4v) is 11.8. The molecule has 7 heterocycles. The molecule has 53 heavy (non-hydrogen) atoms. The van der Waals surface area contributed by atoms with E-state index in [1.165, 1.54) is 0 Å². The number of aliphatic carboxylic acids is 1. The third-order valence-electron chi connectivity index (χ3n) is 15.1. The Hall–Kier alpha value is -1.70. The summed E-state index contributed by atoms with van der Waals surface area (Å²) >= 11 is 0. The number of rotatable bonds is 2. The van der Waals surface area contributed by atoms with Crippen molar-refractivity contribution in [1.29, 1.82) is 0 Å². The average molecular weight is 741 g/mol. The van der Waals surface area contributed by atoms with Gasteiger partial charge >= 0.3 is 5.97 Å². The van der Waals surface area contributed by atoms with Crippen molar-refractivity contribution in [2.75, 3.05) is 6.54 Å². The van der Waals surface area contributed by atoms with Crippen molar-refractivity contribution >= 4 is 11.7 Å². The smallest absolute Gasteiger partial charge is 0.324 e. The summed E-state index contributed by atoms with van der Waals surface area (Å²) in [5.74, 6) is -3.67. The molecule has 4 spiro atoms. The van der Waals surface area contributed by atoms with Crippen LogP contribution in [0.4, 0.5) is 0 Å². The van der Waals surface area contributed by atoms with Crippen LogP contribution in [0.25, 0.3) is 0 Å². The predicted molar refractivity (Wildman–Crippen MR) is 198 cm³/mol. The van der Waals surface area contributed by atoms with Crippen LogP contribution in [0.15, 0.2) is 28.8 Å². The van der Waals surface area contributed by atoms with Gasteiger partial charge in [-0.3, -0.25) is 9.79 Å². The fraction of sp³-hybridized carbons (Fsp3) is 0.857. The third-order valence-corrected chi connectivity index (χ3v) is 15.1. The Morgan fingerprint density at radius 3 is 2.47 bits per heavy atom. The monoisotopic (exact) mass is 740 g/mol. The molecule has 15 atom stereocenters. The van der Waals surface area contributed by atoms with Crippen LogP contribution in [0.5, 0.6) is 0 Å². The van der Waals surface area contributed by atoms with Crippen LogP contribution in [-0.2, 0) is 28.5 Å². The first-order chi connectivity index (χ1) is 25.1. The van der Waals surface area contributed by atoms with Crippen molar-refractivity contribution < 1.29 is 43.8 Å². The van der Waals surface area contributed by atoms with Gasteiger partial charge in [0, 0.05) is 55.7 Å². The van der Waals surface area contributed by atoms with Crippen molar-refractivity contribution in [3.63, 3.8) is 0 Å². The molecule has 8 aliphatic rings. The Kier molecular flexibility index (Phi) is 9.91.